The summed E-state index contributed by atoms with van der Waals surface area (Å²) in [6, 6.07) is 4.18. The van der Waals surface area contributed by atoms with E-state index < -0.39 is 0 Å². The zero-order valence-electron chi connectivity index (χ0n) is 15.3. The van der Waals surface area contributed by atoms with Crippen LogP contribution < -0.4 is 10.6 Å². The zero-order valence-corrected chi connectivity index (χ0v) is 15.3. The first-order valence-corrected chi connectivity index (χ1v) is 9.07. The predicted octanol–water partition coefficient (Wildman–Crippen LogP) is 2.19. The third-order valence-corrected chi connectivity index (χ3v) is 4.26. The average molecular weight is 346 g/mol. The molecule has 25 heavy (non-hydrogen) atoms. The summed E-state index contributed by atoms with van der Waals surface area (Å²) in [6.45, 7) is 10.6. The maximum Gasteiger partial charge on any atom is 0.225 e. The molecule has 1 aromatic heterocycles. The normalized spacial score (nSPS) is 16.1. The number of amides is 1. The van der Waals surface area contributed by atoms with Crippen LogP contribution in [0.4, 0.5) is 0 Å². The fourth-order valence-electron chi connectivity index (χ4n) is 2.86. The molecule has 2 heterocycles. The lowest BCUT2D eigenvalue weighted by molar-refractivity contribution is -0.135. The van der Waals surface area contributed by atoms with Crippen LogP contribution in [0.2, 0.25) is 0 Å². The molecule has 0 bridgehead atoms. The summed E-state index contributed by atoms with van der Waals surface area (Å²) in [5.41, 5.74) is 0. The number of nitrogens with one attached hydrogen (secondary N) is 2. The summed E-state index contributed by atoms with van der Waals surface area (Å²) in [5, 5.41) is 6.74. The highest BCUT2D eigenvalue weighted by atomic mass is 16.3. The van der Waals surface area contributed by atoms with Gasteiger partial charge in [0.1, 0.15) is 5.76 Å². The molecule has 1 aromatic rings. The molecule has 0 spiro atoms. The van der Waals surface area contributed by atoms with E-state index in [0.29, 0.717) is 19.1 Å². The summed E-state index contributed by atoms with van der Waals surface area (Å²) in [7, 11) is 0. The Morgan fingerprint density at radius 1 is 1.48 bits per heavy atom. The van der Waals surface area contributed by atoms with E-state index in [1.54, 1.807) is 6.26 Å². The number of guanidine groups is 1. The Bertz CT molecular complexity index is 558. The Kier molecular flexibility index (Phi) is 7.57. The summed E-state index contributed by atoms with van der Waals surface area (Å²) in [5.74, 6) is 2.04. The van der Waals surface area contributed by atoms with E-state index in [9.17, 15) is 4.79 Å². The van der Waals surface area contributed by atoms with Gasteiger partial charge in [0.05, 0.1) is 6.26 Å². The summed E-state index contributed by atoms with van der Waals surface area (Å²) >= 11 is 0. The quantitative estimate of drug-likeness (QED) is 0.451. The van der Waals surface area contributed by atoms with Crippen LogP contribution in [0.1, 0.15) is 32.4 Å². The van der Waals surface area contributed by atoms with Crippen LogP contribution in [-0.2, 0) is 11.2 Å². The number of nitrogens with zero attached hydrogens (tertiary/aromatic N) is 2. The highest BCUT2D eigenvalue weighted by Gasteiger charge is 2.24. The molecule has 0 unspecified atom stereocenters. The van der Waals surface area contributed by atoms with E-state index in [1.165, 1.54) is 0 Å². The lowest BCUT2D eigenvalue weighted by atomic mass is 10.0. The molecule has 0 atom stereocenters. The van der Waals surface area contributed by atoms with E-state index in [1.807, 2.05) is 37.0 Å². The van der Waals surface area contributed by atoms with E-state index in [4.69, 9.17) is 4.42 Å². The van der Waals surface area contributed by atoms with Gasteiger partial charge in [-0.1, -0.05) is 19.9 Å². The van der Waals surface area contributed by atoms with Gasteiger partial charge in [0, 0.05) is 44.6 Å². The van der Waals surface area contributed by atoms with Crippen molar-refractivity contribution in [1.29, 1.82) is 0 Å². The highest BCUT2D eigenvalue weighted by molar-refractivity contribution is 5.80. The molecule has 6 heteroatoms. The van der Waals surface area contributed by atoms with Crippen molar-refractivity contribution >= 4 is 11.9 Å². The number of piperidine rings is 1. The molecule has 1 fully saturated rings. The number of aliphatic imine (C=N–C) groups is 1. The Morgan fingerprint density at radius 2 is 2.24 bits per heavy atom. The molecule has 0 aromatic carbocycles. The van der Waals surface area contributed by atoms with Gasteiger partial charge in [0.25, 0.3) is 0 Å². The molecule has 0 radical (unpaired) electrons. The molecule has 6 nitrogen and oxygen atoms in total. The number of furan rings is 1. The second-order valence-corrected chi connectivity index (χ2v) is 6.63. The first-order chi connectivity index (χ1) is 12.1. The van der Waals surface area contributed by atoms with Gasteiger partial charge in [-0.25, -0.2) is 0 Å². The van der Waals surface area contributed by atoms with Crippen molar-refractivity contribution in [2.45, 2.75) is 39.2 Å². The molecule has 2 rings (SSSR count). The van der Waals surface area contributed by atoms with Gasteiger partial charge in [-0.05, 0) is 25.0 Å². The summed E-state index contributed by atoms with van der Waals surface area (Å²) in [6.07, 6.45) is 6.14. The molecule has 1 aliphatic rings. The number of carbonyl (C=O) groups is 1. The van der Waals surface area contributed by atoms with Gasteiger partial charge in [0.15, 0.2) is 5.96 Å². The average Bonchev–Trinajstić information content (AvgIpc) is 3.13. The van der Waals surface area contributed by atoms with Crippen molar-refractivity contribution in [2.24, 2.45) is 10.9 Å². The van der Waals surface area contributed by atoms with Crippen LogP contribution >= 0.6 is 0 Å². The minimum absolute atomic E-state index is 0.0671. The molecule has 0 saturated carbocycles. The van der Waals surface area contributed by atoms with Crippen molar-refractivity contribution in [3.63, 3.8) is 0 Å². The van der Waals surface area contributed by atoms with Gasteiger partial charge in [-0.2, -0.15) is 0 Å². The standard InChI is InChI=1S/C19H30N4O2/c1-4-10-20-19(21-11-7-17-6-5-14-25-17)22-16-8-12-23(13-9-16)18(24)15(2)3/h4-6,14-16H,1,7-13H2,2-3H3,(H2,20,21,22). The number of rotatable bonds is 7. The first-order valence-electron chi connectivity index (χ1n) is 9.07. The number of likely N-dealkylation sites (tertiary alicyclic amines) is 1. The van der Waals surface area contributed by atoms with Gasteiger partial charge in [-0.15, -0.1) is 6.58 Å². The van der Waals surface area contributed by atoms with Crippen molar-refractivity contribution in [3.05, 3.63) is 36.8 Å². The van der Waals surface area contributed by atoms with Crippen molar-refractivity contribution in [1.82, 2.24) is 15.5 Å². The SMILES string of the molecule is C=CCNC(=NCCc1ccco1)NC1CCN(C(=O)C(C)C)CC1. The van der Waals surface area contributed by atoms with Gasteiger partial charge < -0.3 is 20.0 Å². The van der Waals surface area contributed by atoms with Gasteiger partial charge in [-0.3, -0.25) is 9.79 Å². The third kappa shape index (κ3) is 6.29. The summed E-state index contributed by atoms with van der Waals surface area (Å²) in [4.78, 5) is 18.7. The van der Waals surface area contributed by atoms with E-state index >= 15 is 0 Å². The van der Waals surface area contributed by atoms with Crippen LogP contribution in [0, 0.1) is 5.92 Å². The minimum atomic E-state index is 0.0671. The molecular weight excluding hydrogens is 316 g/mol. The van der Waals surface area contributed by atoms with Gasteiger partial charge >= 0.3 is 0 Å². The van der Waals surface area contributed by atoms with Crippen molar-refractivity contribution in [2.75, 3.05) is 26.2 Å². The largest absolute Gasteiger partial charge is 0.469 e. The Balaban J connectivity index is 1.82. The lowest BCUT2D eigenvalue weighted by Crippen LogP contribution is -2.50. The maximum absolute atomic E-state index is 12.1. The summed E-state index contributed by atoms with van der Waals surface area (Å²) < 4.78 is 5.34. The number of hydrogen-bond donors (Lipinski definition) is 2. The number of carbonyl (C=O) groups excluding carboxylic acids is 1. The Labute approximate surface area is 150 Å². The van der Waals surface area contributed by atoms with Crippen molar-refractivity contribution in [3.8, 4) is 0 Å². The molecule has 2 N–H and O–H groups in total. The van der Waals surface area contributed by atoms with Crippen molar-refractivity contribution < 1.29 is 9.21 Å². The zero-order chi connectivity index (χ0) is 18.1. The van der Waals surface area contributed by atoms with Gasteiger partial charge in [0.2, 0.25) is 5.91 Å². The molecule has 1 amide bonds. The van der Waals surface area contributed by atoms with Crippen LogP contribution in [0.5, 0.6) is 0 Å². The third-order valence-electron chi connectivity index (χ3n) is 4.26. The predicted molar refractivity (Wildman–Crippen MR) is 100 cm³/mol. The maximum atomic E-state index is 12.1. The monoisotopic (exact) mass is 346 g/mol. The fourth-order valence-corrected chi connectivity index (χ4v) is 2.86. The Morgan fingerprint density at radius 3 is 2.84 bits per heavy atom. The van der Waals surface area contributed by atoms with Crippen LogP contribution in [0.3, 0.4) is 0 Å². The molecule has 1 saturated heterocycles. The van der Waals surface area contributed by atoms with E-state index in [0.717, 1.165) is 44.1 Å². The molecule has 0 aliphatic carbocycles. The smallest absolute Gasteiger partial charge is 0.225 e. The fraction of sp³-hybridized carbons (Fsp3) is 0.579. The second-order valence-electron chi connectivity index (χ2n) is 6.63. The first kappa shape index (κ1) is 19.1. The highest BCUT2D eigenvalue weighted by Crippen LogP contribution is 2.13. The number of hydrogen-bond acceptors (Lipinski definition) is 3. The minimum Gasteiger partial charge on any atom is -0.469 e. The van der Waals surface area contributed by atoms with Crippen LogP contribution in [-0.4, -0.2) is 49.0 Å². The van der Waals surface area contributed by atoms with E-state index in [-0.39, 0.29) is 11.8 Å². The topological polar surface area (TPSA) is 69.9 Å². The molecular formula is C19H30N4O2. The lowest BCUT2D eigenvalue weighted by Gasteiger charge is -2.34. The second kappa shape index (κ2) is 9.91. The van der Waals surface area contributed by atoms with Crippen LogP contribution in [0.15, 0.2) is 40.5 Å². The van der Waals surface area contributed by atoms with Crippen LogP contribution in [0.25, 0.3) is 0 Å². The van der Waals surface area contributed by atoms with E-state index in [2.05, 4.69) is 22.2 Å². The molecule has 138 valence electrons. The molecule has 1 aliphatic heterocycles. The Hall–Kier alpha value is -2.24.